The second-order valence-electron chi connectivity index (χ2n) is 5.83. The molecule has 0 aliphatic carbocycles. The third-order valence-electron chi connectivity index (χ3n) is 3.90. The number of amides is 1. The molecule has 24 heavy (non-hydrogen) atoms. The zero-order chi connectivity index (χ0) is 17.7. The predicted molar refractivity (Wildman–Crippen MR) is 92.5 cm³/mol. The second kappa shape index (κ2) is 7.92. The van der Waals surface area contributed by atoms with E-state index < -0.39 is 4.92 Å². The highest BCUT2D eigenvalue weighted by Crippen LogP contribution is 2.27. The van der Waals surface area contributed by atoms with Crippen LogP contribution in [0, 0.1) is 10.1 Å². The van der Waals surface area contributed by atoms with Gasteiger partial charge in [-0.3, -0.25) is 14.9 Å². The fourth-order valence-corrected chi connectivity index (χ4v) is 2.71. The van der Waals surface area contributed by atoms with Crippen LogP contribution >= 0.6 is 0 Å². The molecule has 0 atom stereocenters. The number of likely N-dealkylation sites (N-methyl/N-ethyl adjacent to an activating group) is 1. The number of nitro groups is 1. The van der Waals surface area contributed by atoms with E-state index in [-0.39, 0.29) is 11.6 Å². The van der Waals surface area contributed by atoms with Crippen molar-refractivity contribution in [1.82, 2.24) is 4.90 Å². The molecule has 7 nitrogen and oxygen atoms in total. The van der Waals surface area contributed by atoms with Crippen molar-refractivity contribution in [2.45, 2.75) is 13.8 Å². The molecular formula is C17H23N3O4. The molecule has 1 aromatic carbocycles. The average Bonchev–Trinajstić information content (AvgIpc) is 2.59. The molecule has 0 aromatic heterocycles. The van der Waals surface area contributed by atoms with Crippen molar-refractivity contribution in [3.63, 3.8) is 0 Å². The van der Waals surface area contributed by atoms with Gasteiger partial charge in [0.15, 0.2) is 0 Å². The van der Waals surface area contributed by atoms with Crippen molar-refractivity contribution < 1.29 is 14.5 Å². The van der Waals surface area contributed by atoms with Crippen LogP contribution in [0.1, 0.15) is 24.2 Å². The summed E-state index contributed by atoms with van der Waals surface area (Å²) in [5, 5.41) is 11.1. The zero-order valence-electron chi connectivity index (χ0n) is 14.2. The Morgan fingerprint density at radius 1 is 1.42 bits per heavy atom. The number of nitro benzene ring substituents is 1. The standard InChI is InChI=1S/C17H23N3O4/c1-4-18(12-13(2)3)17(21)15-11-14(20(22)23)5-6-16(15)19-7-9-24-10-8-19/h5-6,11H,2,4,7-10,12H2,1,3H3. The lowest BCUT2D eigenvalue weighted by Gasteiger charge is -2.31. The maximum Gasteiger partial charge on any atom is 0.270 e. The third kappa shape index (κ3) is 4.11. The van der Waals surface area contributed by atoms with E-state index in [1.54, 1.807) is 11.0 Å². The van der Waals surface area contributed by atoms with Gasteiger partial charge in [-0.1, -0.05) is 12.2 Å². The molecule has 1 fully saturated rings. The topological polar surface area (TPSA) is 75.9 Å². The van der Waals surface area contributed by atoms with Crippen molar-refractivity contribution in [3.05, 3.63) is 46.0 Å². The van der Waals surface area contributed by atoms with Gasteiger partial charge in [-0.25, -0.2) is 0 Å². The van der Waals surface area contributed by atoms with Crippen LogP contribution in [-0.4, -0.2) is 55.1 Å². The number of morpholine rings is 1. The Morgan fingerprint density at radius 3 is 2.62 bits per heavy atom. The summed E-state index contributed by atoms with van der Waals surface area (Å²) in [5.74, 6) is -0.217. The Morgan fingerprint density at radius 2 is 2.08 bits per heavy atom. The molecule has 0 N–H and O–H groups in total. The Kier molecular flexibility index (Phi) is 5.92. The summed E-state index contributed by atoms with van der Waals surface area (Å²) in [4.78, 5) is 27.3. The van der Waals surface area contributed by atoms with Gasteiger partial charge in [-0.2, -0.15) is 0 Å². The Bertz CT molecular complexity index is 639. The van der Waals surface area contributed by atoms with E-state index in [1.807, 2.05) is 18.7 Å². The van der Waals surface area contributed by atoms with Crippen LogP contribution in [0.25, 0.3) is 0 Å². The lowest BCUT2D eigenvalue weighted by molar-refractivity contribution is -0.384. The zero-order valence-corrected chi connectivity index (χ0v) is 14.2. The first-order chi connectivity index (χ1) is 11.4. The molecule has 0 saturated carbocycles. The largest absolute Gasteiger partial charge is 0.378 e. The van der Waals surface area contributed by atoms with Gasteiger partial charge in [-0.15, -0.1) is 0 Å². The molecule has 0 radical (unpaired) electrons. The SMILES string of the molecule is C=C(C)CN(CC)C(=O)c1cc([N+](=O)[O-])ccc1N1CCOCC1. The smallest absolute Gasteiger partial charge is 0.270 e. The van der Waals surface area contributed by atoms with Crippen molar-refractivity contribution in [3.8, 4) is 0 Å². The van der Waals surface area contributed by atoms with Crippen LogP contribution in [0.15, 0.2) is 30.4 Å². The minimum absolute atomic E-state index is 0.0817. The lowest BCUT2D eigenvalue weighted by Crippen LogP contribution is -2.39. The average molecular weight is 333 g/mol. The molecule has 0 spiro atoms. The number of hydrogen-bond donors (Lipinski definition) is 0. The van der Waals surface area contributed by atoms with Gasteiger partial charge >= 0.3 is 0 Å². The minimum atomic E-state index is -0.477. The van der Waals surface area contributed by atoms with Gasteiger partial charge in [0.05, 0.1) is 29.4 Å². The molecule has 1 aromatic rings. The number of ether oxygens (including phenoxy) is 1. The molecule has 1 aliphatic rings. The molecule has 1 aliphatic heterocycles. The van der Waals surface area contributed by atoms with Crippen LogP contribution < -0.4 is 4.90 Å². The maximum absolute atomic E-state index is 13.0. The van der Waals surface area contributed by atoms with Crippen molar-refractivity contribution in [2.24, 2.45) is 0 Å². The summed E-state index contributed by atoms with van der Waals surface area (Å²) in [7, 11) is 0. The van der Waals surface area contributed by atoms with Gasteiger partial charge in [0.1, 0.15) is 0 Å². The van der Waals surface area contributed by atoms with Crippen LogP contribution in [0.2, 0.25) is 0 Å². The van der Waals surface area contributed by atoms with E-state index in [2.05, 4.69) is 6.58 Å². The summed E-state index contributed by atoms with van der Waals surface area (Å²) in [6, 6.07) is 4.47. The van der Waals surface area contributed by atoms with E-state index in [1.165, 1.54) is 12.1 Å². The van der Waals surface area contributed by atoms with Crippen LogP contribution in [0.3, 0.4) is 0 Å². The highest BCUT2D eigenvalue weighted by atomic mass is 16.6. The van der Waals surface area contributed by atoms with E-state index >= 15 is 0 Å². The van der Waals surface area contributed by atoms with Crippen LogP contribution in [0.4, 0.5) is 11.4 Å². The van der Waals surface area contributed by atoms with Crippen LogP contribution in [0.5, 0.6) is 0 Å². The molecule has 0 unspecified atom stereocenters. The molecule has 1 amide bonds. The first-order valence-corrected chi connectivity index (χ1v) is 7.98. The number of nitrogens with zero attached hydrogens (tertiary/aromatic N) is 3. The Labute approximate surface area is 141 Å². The first-order valence-electron chi connectivity index (χ1n) is 7.98. The van der Waals surface area contributed by atoms with Gasteiger partial charge < -0.3 is 14.5 Å². The van der Waals surface area contributed by atoms with Crippen molar-refractivity contribution >= 4 is 17.3 Å². The summed E-state index contributed by atoms with van der Waals surface area (Å²) in [5.41, 5.74) is 1.86. The number of carbonyl (C=O) groups is 1. The quantitative estimate of drug-likeness (QED) is 0.454. The van der Waals surface area contributed by atoms with Gasteiger partial charge in [0.2, 0.25) is 0 Å². The molecule has 7 heteroatoms. The molecule has 0 bridgehead atoms. The van der Waals surface area contributed by atoms with Gasteiger partial charge in [0, 0.05) is 38.3 Å². The van der Waals surface area contributed by atoms with E-state index in [4.69, 9.17) is 4.74 Å². The fourth-order valence-electron chi connectivity index (χ4n) is 2.71. The Balaban J connectivity index is 2.42. The number of rotatable bonds is 6. The summed E-state index contributed by atoms with van der Waals surface area (Å²) < 4.78 is 5.35. The molecular weight excluding hydrogens is 310 g/mol. The third-order valence-corrected chi connectivity index (χ3v) is 3.90. The highest BCUT2D eigenvalue weighted by Gasteiger charge is 2.24. The number of anilines is 1. The molecule has 1 saturated heterocycles. The maximum atomic E-state index is 13.0. The first kappa shape index (κ1) is 17.9. The highest BCUT2D eigenvalue weighted by molar-refractivity contribution is 6.00. The second-order valence-corrected chi connectivity index (χ2v) is 5.83. The summed E-state index contributed by atoms with van der Waals surface area (Å²) >= 11 is 0. The number of hydrogen-bond acceptors (Lipinski definition) is 5. The molecule has 2 rings (SSSR count). The van der Waals surface area contributed by atoms with Crippen LogP contribution in [-0.2, 0) is 4.74 Å². The van der Waals surface area contributed by atoms with E-state index in [0.29, 0.717) is 50.6 Å². The van der Waals surface area contributed by atoms with Gasteiger partial charge in [-0.05, 0) is 19.9 Å². The summed E-state index contributed by atoms with van der Waals surface area (Å²) in [6.07, 6.45) is 0. The molecule has 130 valence electrons. The number of carbonyl (C=O) groups excluding carboxylic acids is 1. The lowest BCUT2D eigenvalue weighted by atomic mass is 10.1. The molecule has 1 heterocycles. The predicted octanol–water partition coefficient (Wildman–Crippen LogP) is 2.47. The number of non-ortho nitro benzene ring substituents is 1. The summed E-state index contributed by atoms with van der Waals surface area (Å²) in [6.45, 7) is 11.0. The van der Waals surface area contributed by atoms with Gasteiger partial charge in [0.25, 0.3) is 11.6 Å². The normalized spacial score (nSPS) is 14.3. The van der Waals surface area contributed by atoms with E-state index in [0.717, 1.165) is 5.57 Å². The minimum Gasteiger partial charge on any atom is -0.378 e. The Hall–Kier alpha value is -2.41. The van der Waals surface area contributed by atoms with Crippen molar-refractivity contribution in [1.29, 1.82) is 0 Å². The van der Waals surface area contributed by atoms with E-state index in [9.17, 15) is 14.9 Å². The van der Waals surface area contributed by atoms with Crippen molar-refractivity contribution in [2.75, 3.05) is 44.3 Å². The monoisotopic (exact) mass is 333 g/mol. The fraction of sp³-hybridized carbons (Fsp3) is 0.471. The number of benzene rings is 1.